The molecule has 3 rings (SSSR count). The molecule has 2 aromatic carbocycles. The van der Waals surface area contributed by atoms with E-state index in [1.54, 1.807) is 12.1 Å². The fraction of sp³-hybridized carbons (Fsp3) is 0.647. The van der Waals surface area contributed by atoms with E-state index in [4.69, 9.17) is 0 Å². The summed E-state index contributed by atoms with van der Waals surface area (Å²) in [7, 11) is 0. The van der Waals surface area contributed by atoms with E-state index in [0.29, 0.717) is 23.5 Å². The van der Waals surface area contributed by atoms with E-state index >= 15 is 0 Å². The molecule has 2 aromatic rings. The molecule has 36 heavy (non-hydrogen) atoms. The first-order valence-electron chi connectivity index (χ1n) is 15.2. The highest BCUT2D eigenvalue weighted by Gasteiger charge is 2.22. The lowest BCUT2D eigenvalue weighted by Gasteiger charge is -2.29. The van der Waals surface area contributed by atoms with E-state index in [1.165, 1.54) is 102 Å². The number of aryl methyl sites for hydroxylation is 1. The maximum atomic E-state index is 14.9. The number of hydrogen-bond donors (Lipinski definition) is 0. The predicted octanol–water partition coefficient (Wildman–Crippen LogP) is 11.6. The van der Waals surface area contributed by atoms with Gasteiger partial charge in [0.2, 0.25) is 0 Å². The van der Waals surface area contributed by atoms with Gasteiger partial charge in [-0.15, -0.1) is 0 Å². The van der Waals surface area contributed by atoms with E-state index in [1.807, 2.05) is 12.1 Å². The maximum absolute atomic E-state index is 14.9. The van der Waals surface area contributed by atoms with Crippen LogP contribution in [-0.2, 0) is 6.42 Å². The van der Waals surface area contributed by atoms with Crippen LogP contribution in [0.4, 0.5) is 8.78 Å². The summed E-state index contributed by atoms with van der Waals surface area (Å²) in [5, 5.41) is 0. The van der Waals surface area contributed by atoms with Gasteiger partial charge in [0.15, 0.2) is 11.6 Å². The van der Waals surface area contributed by atoms with Crippen molar-refractivity contribution in [1.29, 1.82) is 0 Å². The van der Waals surface area contributed by atoms with Gasteiger partial charge in [0.1, 0.15) is 0 Å². The average Bonchev–Trinajstić information content (AvgIpc) is 2.91. The molecule has 0 heterocycles. The van der Waals surface area contributed by atoms with Crippen molar-refractivity contribution in [3.05, 3.63) is 59.2 Å². The van der Waals surface area contributed by atoms with Crippen molar-refractivity contribution in [3.63, 3.8) is 0 Å². The van der Waals surface area contributed by atoms with Crippen molar-refractivity contribution in [2.75, 3.05) is 0 Å². The molecule has 0 nitrogen and oxygen atoms in total. The lowest BCUT2D eigenvalue weighted by Crippen LogP contribution is -2.13. The summed E-state index contributed by atoms with van der Waals surface area (Å²) < 4.78 is 29.7. The van der Waals surface area contributed by atoms with Gasteiger partial charge in [-0.05, 0) is 67.1 Å². The molecule has 0 aliphatic heterocycles. The lowest BCUT2D eigenvalue weighted by molar-refractivity contribution is 0.302. The molecule has 2 heteroatoms. The fourth-order valence-corrected chi connectivity index (χ4v) is 6.03. The molecule has 0 amide bonds. The summed E-state index contributed by atoms with van der Waals surface area (Å²) in [5.41, 5.74) is 3.03. The third-order valence-corrected chi connectivity index (χ3v) is 8.47. The maximum Gasteiger partial charge on any atom is 0.166 e. The van der Waals surface area contributed by atoms with Crippen LogP contribution < -0.4 is 0 Å². The summed E-state index contributed by atoms with van der Waals surface area (Å²) in [6, 6.07) is 11.8. The number of unbranched alkanes of at least 4 members (excludes halogenated alkanes) is 10. The lowest BCUT2D eigenvalue weighted by atomic mass is 9.77. The smallest absolute Gasteiger partial charge is 0.166 e. The van der Waals surface area contributed by atoms with Gasteiger partial charge in [-0.1, -0.05) is 127 Å². The van der Waals surface area contributed by atoms with Crippen LogP contribution in [0.1, 0.15) is 140 Å². The molecule has 0 aromatic heterocycles. The second-order valence-corrected chi connectivity index (χ2v) is 11.3. The second kappa shape index (κ2) is 16.2. The Morgan fingerprint density at radius 2 is 1.19 bits per heavy atom. The summed E-state index contributed by atoms with van der Waals surface area (Å²) in [6.07, 6.45) is 22.4. The minimum atomic E-state index is -0.693. The topological polar surface area (TPSA) is 0 Å². The predicted molar refractivity (Wildman–Crippen MR) is 152 cm³/mol. The van der Waals surface area contributed by atoms with Crippen LogP contribution in [0.25, 0.3) is 11.1 Å². The van der Waals surface area contributed by atoms with Crippen LogP contribution in [0.15, 0.2) is 36.4 Å². The first kappa shape index (κ1) is 28.9. The van der Waals surface area contributed by atoms with Gasteiger partial charge < -0.3 is 0 Å². The Bertz CT molecular complexity index is 861. The molecule has 200 valence electrons. The Labute approximate surface area is 220 Å². The van der Waals surface area contributed by atoms with Crippen molar-refractivity contribution in [3.8, 4) is 11.1 Å². The molecule has 1 fully saturated rings. The molecule has 0 radical (unpaired) electrons. The van der Waals surface area contributed by atoms with E-state index in [9.17, 15) is 8.78 Å². The fourth-order valence-electron chi connectivity index (χ4n) is 6.03. The zero-order valence-electron chi connectivity index (χ0n) is 23.1. The molecule has 0 saturated heterocycles. The summed E-state index contributed by atoms with van der Waals surface area (Å²) in [6.45, 7) is 4.48. The molecule has 1 aliphatic rings. The molecule has 0 unspecified atom stereocenters. The van der Waals surface area contributed by atoms with Gasteiger partial charge in [0, 0.05) is 5.56 Å². The Hall–Kier alpha value is -1.70. The monoisotopic (exact) mass is 496 g/mol. The van der Waals surface area contributed by atoms with Crippen molar-refractivity contribution >= 4 is 0 Å². The van der Waals surface area contributed by atoms with Crippen molar-refractivity contribution in [2.24, 2.45) is 5.92 Å². The molecular weight excluding hydrogens is 446 g/mol. The highest BCUT2D eigenvalue weighted by Crippen LogP contribution is 2.38. The third kappa shape index (κ3) is 9.00. The van der Waals surface area contributed by atoms with Crippen LogP contribution in [-0.4, -0.2) is 0 Å². The Morgan fingerprint density at radius 3 is 1.83 bits per heavy atom. The van der Waals surface area contributed by atoms with Gasteiger partial charge in [0.05, 0.1) is 0 Å². The first-order valence-corrected chi connectivity index (χ1v) is 15.2. The first-order chi connectivity index (χ1) is 17.6. The molecule has 0 N–H and O–H groups in total. The Kier molecular flexibility index (Phi) is 13.0. The van der Waals surface area contributed by atoms with Gasteiger partial charge >= 0.3 is 0 Å². The standard InChI is InChI=1S/C34H50F2/c1-3-5-7-9-11-13-15-27-17-19-28(20-18-27)29-21-23-30(24-22-29)32-26-25-31(33(35)34(32)36)16-14-12-10-8-6-4-2/h21-28H,3-20H2,1-2H3. The molecule has 0 spiro atoms. The van der Waals surface area contributed by atoms with Crippen LogP contribution in [0.5, 0.6) is 0 Å². The third-order valence-electron chi connectivity index (χ3n) is 8.47. The molecule has 1 aliphatic carbocycles. The highest BCUT2D eigenvalue weighted by atomic mass is 19.2. The zero-order valence-corrected chi connectivity index (χ0v) is 23.1. The Morgan fingerprint density at radius 1 is 0.611 bits per heavy atom. The highest BCUT2D eigenvalue weighted by molar-refractivity contribution is 5.65. The minimum Gasteiger partial charge on any atom is -0.203 e. The second-order valence-electron chi connectivity index (χ2n) is 11.3. The summed E-state index contributed by atoms with van der Waals surface area (Å²) in [4.78, 5) is 0. The van der Waals surface area contributed by atoms with Crippen LogP contribution >= 0.6 is 0 Å². The molecular formula is C34H50F2. The van der Waals surface area contributed by atoms with E-state index in [2.05, 4.69) is 26.0 Å². The Balaban J connectivity index is 1.46. The van der Waals surface area contributed by atoms with E-state index < -0.39 is 11.6 Å². The number of hydrogen-bond acceptors (Lipinski definition) is 0. The van der Waals surface area contributed by atoms with Crippen molar-refractivity contribution in [2.45, 2.75) is 135 Å². The van der Waals surface area contributed by atoms with Crippen molar-refractivity contribution < 1.29 is 8.78 Å². The van der Waals surface area contributed by atoms with Crippen LogP contribution in [0, 0.1) is 17.6 Å². The van der Waals surface area contributed by atoms with Gasteiger partial charge in [-0.2, -0.15) is 0 Å². The van der Waals surface area contributed by atoms with Gasteiger partial charge in [0.25, 0.3) is 0 Å². The molecule has 1 saturated carbocycles. The van der Waals surface area contributed by atoms with Gasteiger partial charge in [-0.3, -0.25) is 0 Å². The summed E-state index contributed by atoms with van der Waals surface area (Å²) >= 11 is 0. The quantitative estimate of drug-likeness (QED) is 0.203. The number of rotatable bonds is 16. The zero-order chi connectivity index (χ0) is 25.6. The van der Waals surface area contributed by atoms with Crippen molar-refractivity contribution in [1.82, 2.24) is 0 Å². The number of benzene rings is 2. The summed E-state index contributed by atoms with van der Waals surface area (Å²) in [5.74, 6) is 0.162. The van der Waals surface area contributed by atoms with Gasteiger partial charge in [-0.25, -0.2) is 8.78 Å². The largest absolute Gasteiger partial charge is 0.203 e. The minimum absolute atomic E-state index is 0.383. The van der Waals surface area contributed by atoms with E-state index in [-0.39, 0.29) is 0 Å². The van der Waals surface area contributed by atoms with E-state index in [0.717, 1.165) is 24.3 Å². The van der Waals surface area contributed by atoms with Crippen LogP contribution in [0.2, 0.25) is 0 Å². The normalized spacial score (nSPS) is 18.0. The molecule has 0 atom stereocenters. The van der Waals surface area contributed by atoms with Crippen LogP contribution in [0.3, 0.4) is 0 Å². The average molecular weight is 497 g/mol. The molecule has 0 bridgehead atoms. The number of halogens is 2. The SMILES string of the molecule is CCCCCCCCc1ccc(-c2ccc(C3CCC(CCCCCCCC)CC3)cc2)c(F)c1F.